The minimum absolute atomic E-state index is 0.0791. The van der Waals surface area contributed by atoms with Gasteiger partial charge >= 0.3 is 0 Å². The molecule has 2 aromatic carbocycles. The van der Waals surface area contributed by atoms with Crippen LogP contribution in [0, 0.1) is 12.3 Å². The second kappa shape index (κ2) is 8.19. The number of nitrogens with zero attached hydrogens (tertiary/aromatic N) is 3. The highest BCUT2D eigenvalue weighted by molar-refractivity contribution is 7.91. The Balaban J connectivity index is 1.71. The Bertz CT molecular complexity index is 1170. The lowest BCUT2D eigenvalue weighted by Gasteiger charge is -2.26. The third-order valence-corrected chi connectivity index (χ3v) is 7.32. The van der Waals surface area contributed by atoms with E-state index < -0.39 is 9.84 Å². The van der Waals surface area contributed by atoms with Gasteiger partial charge in [0.1, 0.15) is 5.82 Å². The van der Waals surface area contributed by atoms with E-state index in [4.69, 9.17) is 23.0 Å². The van der Waals surface area contributed by atoms with Gasteiger partial charge in [-0.1, -0.05) is 47.9 Å². The van der Waals surface area contributed by atoms with Crippen molar-refractivity contribution in [3.8, 4) is 12.3 Å². The first-order chi connectivity index (χ1) is 13.9. The summed E-state index contributed by atoms with van der Waals surface area (Å²) >= 11 is 6.18. The topological polar surface area (TPSA) is 55.2 Å². The molecule has 2 heterocycles. The van der Waals surface area contributed by atoms with E-state index in [1.165, 1.54) is 0 Å². The number of terminal acetylenes is 1. The van der Waals surface area contributed by atoms with Crippen molar-refractivity contribution < 1.29 is 8.42 Å². The molecule has 1 aliphatic rings. The Hall–Kier alpha value is -2.33. The smallest absolute Gasteiger partial charge is 0.151 e. The van der Waals surface area contributed by atoms with Crippen molar-refractivity contribution >= 4 is 32.5 Å². The van der Waals surface area contributed by atoms with Gasteiger partial charge in [-0.05, 0) is 30.2 Å². The summed E-state index contributed by atoms with van der Waals surface area (Å²) in [6, 6.07) is 15.8. The molecule has 1 aliphatic heterocycles. The van der Waals surface area contributed by atoms with Gasteiger partial charge in [0.05, 0.1) is 35.6 Å². The largest absolute Gasteiger partial charge is 0.322 e. The van der Waals surface area contributed by atoms with Crippen molar-refractivity contribution in [3.05, 3.63) is 64.9 Å². The Kier molecular flexibility index (Phi) is 5.64. The number of rotatable bonds is 6. The number of aromatic nitrogens is 2. The summed E-state index contributed by atoms with van der Waals surface area (Å²) in [6.45, 7) is 1.54. The van der Waals surface area contributed by atoms with E-state index in [1.54, 1.807) is 0 Å². The van der Waals surface area contributed by atoms with Crippen molar-refractivity contribution in [2.24, 2.45) is 0 Å². The van der Waals surface area contributed by atoms with Crippen LogP contribution in [0.2, 0.25) is 5.02 Å². The predicted octanol–water partition coefficient (Wildman–Crippen LogP) is 3.36. The molecule has 0 aliphatic carbocycles. The summed E-state index contributed by atoms with van der Waals surface area (Å²) in [4.78, 5) is 6.87. The Morgan fingerprint density at radius 3 is 2.72 bits per heavy atom. The van der Waals surface area contributed by atoms with Crippen LogP contribution in [0.25, 0.3) is 11.0 Å². The monoisotopic (exact) mass is 427 g/mol. The number of benzene rings is 2. The van der Waals surface area contributed by atoms with E-state index >= 15 is 0 Å². The molecular formula is C22H22ClN3O2S. The van der Waals surface area contributed by atoms with Crippen molar-refractivity contribution in [1.82, 2.24) is 14.5 Å². The molecule has 4 rings (SSSR count). The normalized spacial score (nSPS) is 18.3. The first-order valence-corrected chi connectivity index (χ1v) is 11.7. The molecule has 1 aromatic heterocycles. The second-order valence-electron chi connectivity index (χ2n) is 7.40. The van der Waals surface area contributed by atoms with Crippen LogP contribution < -0.4 is 0 Å². The molecule has 0 spiro atoms. The van der Waals surface area contributed by atoms with Crippen LogP contribution in [0.3, 0.4) is 0 Å². The highest BCUT2D eigenvalue weighted by atomic mass is 35.5. The summed E-state index contributed by atoms with van der Waals surface area (Å²) in [5.74, 6) is 3.90. The fourth-order valence-corrected chi connectivity index (χ4v) is 5.82. The first kappa shape index (κ1) is 20.0. The summed E-state index contributed by atoms with van der Waals surface area (Å²) < 4.78 is 26.1. The summed E-state index contributed by atoms with van der Waals surface area (Å²) in [7, 11) is -2.99. The summed E-state index contributed by atoms with van der Waals surface area (Å²) in [5.41, 5.74) is 2.98. The molecular weight excluding hydrogens is 406 g/mol. The Morgan fingerprint density at radius 1 is 1.24 bits per heavy atom. The van der Waals surface area contributed by atoms with Crippen molar-refractivity contribution in [2.75, 3.05) is 18.1 Å². The maximum absolute atomic E-state index is 12.0. The minimum atomic E-state index is -2.99. The van der Waals surface area contributed by atoms with Crippen LogP contribution in [0.15, 0.2) is 48.5 Å². The molecule has 1 fully saturated rings. The maximum Gasteiger partial charge on any atom is 0.151 e. The molecule has 0 N–H and O–H groups in total. The van der Waals surface area contributed by atoms with Crippen LogP contribution in [0.1, 0.15) is 17.8 Å². The molecule has 0 radical (unpaired) electrons. The average Bonchev–Trinajstić information content (AvgIpc) is 3.21. The van der Waals surface area contributed by atoms with Gasteiger partial charge in [-0.15, -0.1) is 6.42 Å². The molecule has 0 bridgehead atoms. The minimum Gasteiger partial charge on any atom is -0.322 e. The van der Waals surface area contributed by atoms with Crippen molar-refractivity contribution in [2.45, 2.75) is 25.6 Å². The van der Waals surface area contributed by atoms with E-state index in [2.05, 4.69) is 27.5 Å². The van der Waals surface area contributed by atoms with E-state index in [0.717, 1.165) is 22.4 Å². The third kappa shape index (κ3) is 4.48. The van der Waals surface area contributed by atoms with Gasteiger partial charge in [-0.3, -0.25) is 4.90 Å². The van der Waals surface area contributed by atoms with Crippen LogP contribution >= 0.6 is 11.6 Å². The molecule has 1 atom stereocenters. The van der Waals surface area contributed by atoms with Crippen LogP contribution in [-0.4, -0.2) is 47.0 Å². The first-order valence-electron chi connectivity index (χ1n) is 9.52. The van der Waals surface area contributed by atoms with E-state index in [1.807, 2.05) is 36.4 Å². The highest BCUT2D eigenvalue weighted by Gasteiger charge is 2.32. The van der Waals surface area contributed by atoms with E-state index in [-0.39, 0.29) is 17.5 Å². The third-order valence-electron chi connectivity index (χ3n) is 5.34. The average molecular weight is 428 g/mol. The van der Waals surface area contributed by atoms with Gasteiger partial charge in [0.25, 0.3) is 0 Å². The molecule has 150 valence electrons. The van der Waals surface area contributed by atoms with Crippen molar-refractivity contribution in [1.29, 1.82) is 0 Å². The fourth-order valence-electron chi connectivity index (χ4n) is 3.89. The SMILES string of the molecule is C#CCN(Cc1nc2cc(Cl)ccc2n1Cc1ccccc1)C1CCS(=O)(=O)C1. The number of fused-ring (bicyclic) bond motifs is 1. The number of hydrogen-bond acceptors (Lipinski definition) is 4. The van der Waals surface area contributed by atoms with Gasteiger partial charge in [-0.2, -0.15) is 0 Å². The van der Waals surface area contributed by atoms with Crippen molar-refractivity contribution in [3.63, 3.8) is 0 Å². The van der Waals surface area contributed by atoms with Crippen LogP contribution in [0.5, 0.6) is 0 Å². The molecule has 29 heavy (non-hydrogen) atoms. The van der Waals surface area contributed by atoms with Gasteiger partial charge in [0.15, 0.2) is 9.84 Å². The summed E-state index contributed by atoms with van der Waals surface area (Å²) in [5, 5.41) is 0.635. The van der Waals surface area contributed by atoms with Crippen LogP contribution in [0.4, 0.5) is 0 Å². The molecule has 3 aromatic rings. The van der Waals surface area contributed by atoms with Gasteiger partial charge in [0.2, 0.25) is 0 Å². The number of hydrogen-bond donors (Lipinski definition) is 0. The molecule has 0 saturated carbocycles. The van der Waals surface area contributed by atoms with E-state index in [0.29, 0.717) is 31.1 Å². The zero-order chi connectivity index (χ0) is 20.4. The van der Waals surface area contributed by atoms with Gasteiger partial charge < -0.3 is 4.57 Å². The maximum atomic E-state index is 12.0. The lowest BCUT2D eigenvalue weighted by molar-refractivity contribution is 0.222. The Morgan fingerprint density at radius 2 is 2.03 bits per heavy atom. The molecule has 1 unspecified atom stereocenters. The summed E-state index contributed by atoms with van der Waals surface area (Å²) in [6.07, 6.45) is 6.20. The number of sulfone groups is 1. The standard InChI is InChI=1S/C22H22ClN3O2S/c1-2-11-25(19-10-12-29(27,28)16-19)15-22-24-20-13-18(23)8-9-21(20)26(22)14-17-6-4-3-5-7-17/h1,3-9,13,19H,10-12,14-16H2. The van der Waals surface area contributed by atoms with Crippen LogP contribution in [-0.2, 0) is 22.9 Å². The number of imidazole rings is 1. The quantitative estimate of drug-likeness (QED) is 0.566. The molecule has 1 saturated heterocycles. The lowest BCUT2D eigenvalue weighted by Crippen LogP contribution is -2.37. The second-order valence-corrected chi connectivity index (χ2v) is 10.1. The van der Waals surface area contributed by atoms with E-state index in [9.17, 15) is 8.42 Å². The predicted molar refractivity (Wildman–Crippen MR) is 117 cm³/mol. The zero-order valence-electron chi connectivity index (χ0n) is 16.0. The lowest BCUT2D eigenvalue weighted by atomic mass is 10.2. The molecule has 0 amide bonds. The highest BCUT2D eigenvalue weighted by Crippen LogP contribution is 2.25. The Labute approximate surface area is 176 Å². The number of halogens is 1. The fraction of sp³-hybridized carbons (Fsp3) is 0.318. The molecule has 5 nitrogen and oxygen atoms in total. The van der Waals surface area contributed by atoms with Gasteiger partial charge in [0, 0.05) is 17.6 Å². The van der Waals surface area contributed by atoms with Gasteiger partial charge in [-0.25, -0.2) is 13.4 Å². The zero-order valence-corrected chi connectivity index (χ0v) is 17.5. The molecule has 7 heteroatoms.